The fourth-order valence-corrected chi connectivity index (χ4v) is 4.60. The van der Waals surface area contributed by atoms with Crippen molar-refractivity contribution in [2.24, 2.45) is 0 Å². The summed E-state index contributed by atoms with van der Waals surface area (Å²) in [6.07, 6.45) is 3.78. The normalized spacial score (nSPS) is 19.5. The first-order valence-corrected chi connectivity index (χ1v) is 10.4. The van der Waals surface area contributed by atoms with Crippen LogP contribution in [-0.2, 0) is 0 Å². The van der Waals surface area contributed by atoms with Gasteiger partial charge in [-0.3, -0.25) is 4.79 Å². The van der Waals surface area contributed by atoms with E-state index in [2.05, 4.69) is 10.3 Å². The Morgan fingerprint density at radius 1 is 1.20 bits per heavy atom. The van der Waals surface area contributed by atoms with E-state index in [-0.39, 0.29) is 17.5 Å². The van der Waals surface area contributed by atoms with Crippen molar-refractivity contribution < 1.29 is 13.6 Å². The van der Waals surface area contributed by atoms with Gasteiger partial charge in [0.25, 0.3) is 5.91 Å². The average molecular weight is 410 g/mol. The molecular formula is C23H24F2N4O. The summed E-state index contributed by atoms with van der Waals surface area (Å²) in [7, 11) is 0. The van der Waals surface area contributed by atoms with E-state index < -0.39 is 11.8 Å². The van der Waals surface area contributed by atoms with Gasteiger partial charge >= 0.3 is 0 Å². The van der Waals surface area contributed by atoms with Crippen molar-refractivity contribution in [2.75, 3.05) is 19.6 Å². The van der Waals surface area contributed by atoms with Crippen molar-refractivity contribution >= 4 is 11.4 Å². The molecular weight excluding hydrogens is 386 g/mol. The number of benzene rings is 1. The van der Waals surface area contributed by atoms with E-state index in [9.17, 15) is 13.6 Å². The zero-order valence-corrected chi connectivity index (χ0v) is 17.1. The number of aromatic nitrogens is 2. The van der Waals surface area contributed by atoms with Gasteiger partial charge in [-0.15, -0.1) is 0 Å². The molecule has 7 heteroatoms. The summed E-state index contributed by atoms with van der Waals surface area (Å²) >= 11 is 0. The molecule has 2 saturated heterocycles. The molecule has 0 unspecified atom stereocenters. The monoisotopic (exact) mass is 410 g/mol. The maximum absolute atomic E-state index is 14.8. The highest BCUT2D eigenvalue weighted by molar-refractivity contribution is 6.03. The molecule has 0 aliphatic carbocycles. The second-order valence-electron chi connectivity index (χ2n) is 8.39. The predicted molar refractivity (Wildman–Crippen MR) is 111 cm³/mol. The number of nitrogens with one attached hydrogen (secondary N) is 1. The summed E-state index contributed by atoms with van der Waals surface area (Å²) in [4.78, 5) is 19.1. The molecule has 0 bridgehead atoms. The zero-order valence-electron chi connectivity index (χ0n) is 17.1. The van der Waals surface area contributed by atoms with Crippen LogP contribution in [0.5, 0.6) is 0 Å². The number of rotatable bonds is 3. The van der Waals surface area contributed by atoms with Gasteiger partial charge < -0.3 is 14.6 Å². The van der Waals surface area contributed by atoms with Crippen molar-refractivity contribution in [3.63, 3.8) is 0 Å². The molecule has 2 aliphatic rings. The quantitative estimate of drug-likeness (QED) is 0.713. The van der Waals surface area contributed by atoms with E-state index in [0.29, 0.717) is 34.9 Å². The Hall–Kier alpha value is -2.80. The number of aryl methyl sites for hydroxylation is 1. The highest BCUT2D eigenvalue weighted by Gasteiger charge is 2.30. The molecule has 4 heterocycles. The van der Waals surface area contributed by atoms with Gasteiger partial charge in [-0.2, -0.15) is 4.39 Å². The third-order valence-electron chi connectivity index (χ3n) is 6.46. The highest BCUT2D eigenvalue weighted by Crippen LogP contribution is 2.35. The maximum atomic E-state index is 14.8. The van der Waals surface area contributed by atoms with Gasteiger partial charge in [-0.25, -0.2) is 9.37 Å². The highest BCUT2D eigenvalue weighted by atomic mass is 19.1. The maximum Gasteiger partial charge on any atom is 0.254 e. The van der Waals surface area contributed by atoms with Crippen molar-refractivity contribution in [1.82, 2.24) is 19.6 Å². The Morgan fingerprint density at radius 2 is 2.00 bits per heavy atom. The molecule has 2 aliphatic heterocycles. The first-order chi connectivity index (χ1) is 14.4. The zero-order chi connectivity index (χ0) is 21.0. The lowest BCUT2D eigenvalue weighted by atomic mass is 9.91. The molecule has 2 fully saturated rings. The van der Waals surface area contributed by atoms with Crippen molar-refractivity contribution in [3.8, 4) is 11.1 Å². The van der Waals surface area contributed by atoms with Crippen LogP contribution in [0, 0.1) is 18.7 Å². The molecule has 0 saturated carbocycles. The van der Waals surface area contributed by atoms with Crippen molar-refractivity contribution in [2.45, 2.75) is 38.6 Å². The van der Waals surface area contributed by atoms with E-state index in [1.165, 1.54) is 12.1 Å². The first kappa shape index (κ1) is 19.2. The molecule has 5 nitrogen and oxygen atoms in total. The van der Waals surface area contributed by atoms with E-state index in [1.807, 2.05) is 19.2 Å². The third kappa shape index (κ3) is 2.99. The molecule has 5 rings (SSSR count). The van der Waals surface area contributed by atoms with E-state index in [1.54, 1.807) is 22.3 Å². The summed E-state index contributed by atoms with van der Waals surface area (Å²) in [5.41, 5.74) is 2.76. The van der Waals surface area contributed by atoms with E-state index in [4.69, 9.17) is 0 Å². The minimum atomic E-state index is -0.585. The average Bonchev–Trinajstić information content (AvgIpc) is 3.22. The summed E-state index contributed by atoms with van der Waals surface area (Å²) in [5, 5.41) is 3.26. The number of hydrogen-bond acceptors (Lipinski definition) is 3. The van der Waals surface area contributed by atoms with Crippen LogP contribution in [0.3, 0.4) is 0 Å². The van der Waals surface area contributed by atoms with Crippen LogP contribution in [0.1, 0.15) is 47.4 Å². The summed E-state index contributed by atoms with van der Waals surface area (Å²) in [6.45, 7) is 6.11. The minimum Gasteiger partial charge on any atom is -0.336 e. The smallest absolute Gasteiger partial charge is 0.254 e. The second-order valence-corrected chi connectivity index (χ2v) is 8.39. The Balaban J connectivity index is 1.73. The van der Waals surface area contributed by atoms with Crippen LogP contribution in [0.25, 0.3) is 16.6 Å². The minimum absolute atomic E-state index is 0.106. The number of fused-ring (bicyclic) bond motifs is 1. The lowest BCUT2D eigenvalue weighted by Crippen LogP contribution is -2.40. The molecule has 156 valence electrons. The van der Waals surface area contributed by atoms with Crippen LogP contribution in [-0.4, -0.2) is 45.9 Å². The molecule has 1 amide bonds. The van der Waals surface area contributed by atoms with Crippen LogP contribution in [0.4, 0.5) is 8.78 Å². The van der Waals surface area contributed by atoms with Gasteiger partial charge in [0.05, 0.1) is 5.56 Å². The van der Waals surface area contributed by atoms with Crippen molar-refractivity contribution in [3.05, 3.63) is 59.2 Å². The third-order valence-corrected chi connectivity index (χ3v) is 6.46. The SMILES string of the molecule is Cc1nc(F)c2c(-c3ccc(F)cc3C(=O)N3CCC[C@H]3C)cc(C3CNC3)cn12. The van der Waals surface area contributed by atoms with Crippen molar-refractivity contribution in [1.29, 1.82) is 0 Å². The Labute approximate surface area is 173 Å². The lowest BCUT2D eigenvalue weighted by Gasteiger charge is -2.28. The van der Waals surface area contributed by atoms with Gasteiger partial charge in [0, 0.05) is 43.4 Å². The molecule has 1 N–H and O–H groups in total. The molecule has 1 aromatic carbocycles. The molecule has 2 aromatic heterocycles. The first-order valence-electron chi connectivity index (χ1n) is 10.4. The Kier molecular flexibility index (Phi) is 4.58. The number of pyridine rings is 1. The standard InChI is InChI=1S/C23H24F2N4O/c1-13-4-3-7-28(13)23(30)20-9-17(24)5-6-18(20)19-8-15(16-10-26-11-16)12-29-14(2)27-22(25)21(19)29/h5-6,8-9,12-13,16,26H,3-4,7,10-11H2,1-2H3/t13-/m1/s1. The number of likely N-dealkylation sites (tertiary alicyclic amines) is 1. The topological polar surface area (TPSA) is 49.6 Å². The van der Waals surface area contributed by atoms with Gasteiger partial charge in [0.15, 0.2) is 0 Å². The number of carbonyl (C=O) groups excluding carboxylic acids is 1. The number of carbonyl (C=O) groups is 1. The number of nitrogens with zero attached hydrogens (tertiary/aromatic N) is 3. The van der Waals surface area contributed by atoms with Crippen LogP contribution >= 0.6 is 0 Å². The summed E-state index contributed by atoms with van der Waals surface area (Å²) in [6, 6.07) is 6.23. The Morgan fingerprint density at radius 3 is 2.67 bits per heavy atom. The summed E-state index contributed by atoms with van der Waals surface area (Å²) in [5.74, 6) is -0.412. The molecule has 0 radical (unpaired) electrons. The van der Waals surface area contributed by atoms with Gasteiger partial charge in [0.2, 0.25) is 5.95 Å². The largest absolute Gasteiger partial charge is 0.336 e. The number of hydrogen-bond donors (Lipinski definition) is 1. The van der Waals surface area contributed by atoms with E-state index in [0.717, 1.165) is 31.5 Å². The Bertz CT molecular complexity index is 1150. The van der Waals surface area contributed by atoms with Gasteiger partial charge in [-0.1, -0.05) is 6.07 Å². The number of amides is 1. The van der Waals surface area contributed by atoms with Gasteiger partial charge in [0.1, 0.15) is 17.2 Å². The fraction of sp³-hybridized carbons (Fsp3) is 0.391. The van der Waals surface area contributed by atoms with Gasteiger partial charge in [-0.05, 0) is 56.0 Å². The summed E-state index contributed by atoms with van der Waals surface area (Å²) < 4.78 is 30.8. The van der Waals surface area contributed by atoms with E-state index >= 15 is 0 Å². The molecule has 3 aromatic rings. The molecule has 30 heavy (non-hydrogen) atoms. The second kappa shape index (κ2) is 7.16. The molecule has 1 atom stereocenters. The number of halogens is 2. The predicted octanol–water partition coefficient (Wildman–Crippen LogP) is 3.90. The van der Waals surface area contributed by atoms with Crippen LogP contribution in [0.2, 0.25) is 0 Å². The number of imidazole rings is 1. The molecule has 0 spiro atoms. The van der Waals surface area contributed by atoms with Crippen LogP contribution in [0.15, 0.2) is 30.5 Å². The lowest BCUT2D eigenvalue weighted by molar-refractivity contribution is 0.0747. The fourth-order valence-electron chi connectivity index (χ4n) is 4.60. The van der Waals surface area contributed by atoms with Crippen LogP contribution < -0.4 is 5.32 Å².